The summed E-state index contributed by atoms with van der Waals surface area (Å²) in [6, 6.07) is 8.99. The third-order valence-electron chi connectivity index (χ3n) is 3.13. The van der Waals surface area contributed by atoms with Crippen molar-refractivity contribution in [1.29, 1.82) is 0 Å². The molecule has 2 aromatic rings. The molecule has 2 rings (SSSR count). The fourth-order valence-corrected chi connectivity index (χ4v) is 2.11. The number of aryl methyl sites for hydroxylation is 1. The Hall–Kier alpha value is -2.89. The van der Waals surface area contributed by atoms with Gasteiger partial charge in [-0.15, -0.1) is 0 Å². The van der Waals surface area contributed by atoms with Gasteiger partial charge in [0.05, 0.1) is 31.7 Å². The van der Waals surface area contributed by atoms with Crippen molar-refractivity contribution in [2.24, 2.45) is 5.16 Å². The van der Waals surface area contributed by atoms with Gasteiger partial charge >= 0.3 is 0 Å². The van der Waals surface area contributed by atoms with Crippen molar-refractivity contribution in [3.63, 3.8) is 0 Å². The van der Waals surface area contributed by atoms with E-state index < -0.39 is 0 Å². The highest BCUT2D eigenvalue weighted by atomic mass is 16.6. The molecule has 0 aliphatic heterocycles. The lowest BCUT2D eigenvalue weighted by atomic mass is 10.2. The molecule has 0 atom stereocenters. The van der Waals surface area contributed by atoms with Crippen LogP contribution >= 0.6 is 0 Å². The van der Waals surface area contributed by atoms with E-state index >= 15 is 0 Å². The van der Waals surface area contributed by atoms with E-state index in [4.69, 9.17) is 14.3 Å². The molecule has 6 heteroatoms. The Morgan fingerprint density at radius 1 is 1.13 bits per heavy atom. The van der Waals surface area contributed by atoms with Crippen LogP contribution < -0.4 is 9.47 Å². The zero-order valence-corrected chi connectivity index (χ0v) is 13.3. The molecule has 0 N–H and O–H groups in total. The van der Waals surface area contributed by atoms with Gasteiger partial charge in [-0.1, -0.05) is 11.2 Å². The standard InChI is InChI=1S/C17H18N2O4/c1-12-7-13(19-14(8-12)10-20)9-18-23-11-15-16(21-2)5-4-6-17(15)22-3/h4-10H,11H2,1-3H3. The Labute approximate surface area is 134 Å². The Kier molecular flexibility index (Phi) is 5.68. The zero-order valence-electron chi connectivity index (χ0n) is 13.3. The predicted molar refractivity (Wildman–Crippen MR) is 86.3 cm³/mol. The average Bonchev–Trinajstić information content (AvgIpc) is 2.57. The van der Waals surface area contributed by atoms with E-state index in [1.54, 1.807) is 20.3 Å². The van der Waals surface area contributed by atoms with E-state index in [1.807, 2.05) is 31.2 Å². The molecule has 120 valence electrons. The van der Waals surface area contributed by atoms with Crippen LogP contribution in [0, 0.1) is 6.92 Å². The van der Waals surface area contributed by atoms with Gasteiger partial charge in [-0.05, 0) is 36.8 Å². The lowest BCUT2D eigenvalue weighted by molar-refractivity contribution is 0.111. The number of aldehydes is 1. The van der Waals surface area contributed by atoms with Gasteiger partial charge in [0, 0.05) is 0 Å². The molecule has 0 radical (unpaired) electrons. The lowest BCUT2D eigenvalue weighted by Gasteiger charge is -2.11. The molecule has 0 amide bonds. The summed E-state index contributed by atoms with van der Waals surface area (Å²) in [6.45, 7) is 2.07. The second kappa shape index (κ2) is 7.93. The number of hydrogen-bond acceptors (Lipinski definition) is 6. The third kappa shape index (κ3) is 4.29. The van der Waals surface area contributed by atoms with E-state index in [0.717, 1.165) is 11.1 Å². The Balaban J connectivity index is 2.08. The van der Waals surface area contributed by atoms with Crippen LogP contribution in [0.4, 0.5) is 0 Å². The van der Waals surface area contributed by atoms with Crippen LogP contribution in [-0.2, 0) is 11.4 Å². The largest absolute Gasteiger partial charge is 0.496 e. The van der Waals surface area contributed by atoms with E-state index in [0.29, 0.717) is 29.2 Å². The topological polar surface area (TPSA) is 70.0 Å². The number of nitrogens with zero attached hydrogens (tertiary/aromatic N) is 2. The summed E-state index contributed by atoms with van der Waals surface area (Å²) in [5.41, 5.74) is 2.60. The fourth-order valence-electron chi connectivity index (χ4n) is 2.11. The Morgan fingerprint density at radius 3 is 2.39 bits per heavy atom. The molecular formula is C17H18N2O4. The molecule has 23 heavy (non-hydrogen) atoms. The molecule has 1 heterocycles. The smallest absolute Gasteiger partial charge is 0.168 e. The summed E-state index contributed by atoms with van der Waals surface area (Å²) in [6.07, 6.45) is 2.16. The van der Waals surface area contributed by atoms with Gasteiger partial charge in [0.15, 0.2) is 6.29 Å². The molecule has 1 aromatic heterocycles. The first-order valence-corrected chi connectivity index (χ1v) is 6.97. The van der Waals surface area contributed by atoms with E-state index in [9.17, 15) is 4.79 Å². The molecular weight excluding hydrogens is 296 g/mol. The summed E-state index contributed by atoms with van der Waals surface area (Å²) in [5.74, 6) is 1.33. The van der Waals surface area contributed by atoms with E-state index in [-0.39, 0.29) is 6.61 Å². The minimum atomic E-state index is 0.191. The number of benzene rings is 1. The van der Waals surface area contributed by atoms with Crippen molar-refractivity contribution in [3.05, 3.63) is 52.8 Å². The Bertz CT molecular complexity index is 691. The van der Waals surface area contributed by atoms with Gasteiger partial charge in [-0.3, -0.25) is 4.79 Å². The van der Waals surface area contributed by atoms with Crippen molar-refractivity contribution in [2.75, 3.05) is 14.2 Å². The molecule has 0 saturated heterocycles. The molecule has 0 unspecified atom stereocenters. The number of oxime groups is 1. The molecule has 0 fully saturated rings. The lowest BCUT2D eigenvalue weighted by Crippen LogP contribution is -1.99. The summed E-state index contributed by atoms with van der Waals surface area (Å²) in [5, 5.41) is 3.89. The van der Waals surface area contributed by atoms with Crippen molar-refractivity contribution in [2.45, 2.75) is 13.5 Å². The predicted octanol–water partition coefficient (Wildman–Crippen LogP) is 2.77. The minimum Gasteiger partial charge on any atom is -0.496 e. The number of carbonyl (C=O) groups is 1. The molecule has 0 aliphatic rings. The molecule has 0 saturated carbocycles. The summed E-state index contributed by atoms with van der Waals surface area (Å²) in [7, 11) is 3.17. The van der Waals surface area contributed by atoms with E-state index in [2.05, 4.69) is 10.1 Å². The SMILES string of the molecule is COc1cccc(OC)c1CON=Cc1cc(C)cc(C=O)n1. The second-order valence-electron chi connectivity index (χ2n) is 4.76. The van der Waals surface area contributed by atoms with Crippen LogP contribution in [0.25, 0.3) is 0 Å². The Morgan fingerprint density at radius 2 is 1.78 bits per heavy atom. The number of aromatic nitrogens is 1. The monoisotopic (exact) mass is 314 g/mol. The quantitative estimate of drug-likeness (QED) is 0.446. The van der Waals surface area contributed by atoms with Crippen LogP contribution in [0.1, 0.15) is 27.3 Å². The number of hydrogen-bond donors (Lipinski definition) is 0. The van der Waals surface area contributed by atoms with Crippen molar-refractivity contribution in [1.82, 2.24) is 4.98 Å². The van der Waals surface area contributed by atoms with Crippen molar-refractivity contribution < 1.29 is 19.1 Å². The first-order valence-electron chi connectivity index (χ1n) is 6.97. The number of methoxy groups -OCH3 is 2. The van der Waals surface area contributed by atoms with Crippen LogP contribution in [0.3, 0.4) is 0 Å². The van der Waals surface area contributed by atoms with Crippen molar-refractivity contribution in [3.8, 4) is 11.5 Å². The number of carbonyl (C=O) groups excluding carboxylic acids is 1. The first-order chi connectivity index (χ1) is 11.2. The highest BCUT2D eigenvalue weighted by Crippen LogP contribution is 2.28. The molecule has 6 nitrogen and oxygen atoms in total. The first kappa shape index (κ1) is 16.5. The van der Waals surface area contributed by atoms with Crippen LogP contribution in [-0.4, -0.2) is 31.7 Å². The third-order valence-corrected chi connectivity index (χ3v) is 3.13. The fraction of sp³-hybridized carbons (Fsp3) is 0.235. The van der Waals surface area contributed by atoms with Crippen LogP contribution in [0.2, 0.25) is 0 Å². The maximum absolute atomic E-state index is 10.8. The average molecular weight is 314 g/mol. The van der Waals surface area contributed by atoms with Gasteiger partial charge in [-0.2, -0.15) is 0 Å². The van der Waals surface area contributed by atoms with E-state index in [1.165, 1.54) is 6.21 Å². The van der Waals surface area contributed by atoms with Crippen LogP contribution in [0.5, 0.6) is 11.5 Å². The number of rotatable bonds is 7. The summed E-state index contributed by atoms with van der Waals surface area (Å²) < 4.78 is 10.6. The molecule has 0 aliphatic carbocycles. The van der Waals surface area contributed by atoms with Gasteiger partial charge in [-0.25, -0.2) is 4.98 Å². The molecule has 0 bridgehead atoms. The normalized spacial score (nSPS) is 10.6. The molecule has 1 aromatic carbocycles. The second-order valence-corrected chi connectivity index (χ2v) is 4.76. The highest BCUT2D eigenvalue weighted by Gasteiger charge is 2.10. The van der Waals surface area contributed by atoms with Gasteiger partial charge in [0.25, 0.3) is 0 Å². The summed E-state index contributed by atoms with van der Waals surface area (Å²) >= 11 is 0. The van der Waals surface area contributed by atoms with Gasteiger partial charge in [0.2, 0.25) is 0 Å². The maximum atomic E-state index is 10.8. The minimum absolute atomic E-state index is 0.191. The highest BCUT2D eigenvalue weighted by molar-refractivity contribution is 5.80. The zero-order chi connectivity index (χ0) is 16.7. The van der Waals surface area contributed by atoms with Crippen molar-refractivity contribution >= 4 is 12.5 Å². The summed E-state index contributed by atoms with van der Waals surface area (Å²) in [4.78, 5) is 20.2. The maximum Gasteiger partial charge on any atom is 0.168 e. The molecule has 0 spiro atoms. The van der Waals surface area contributed by atoms with Gasteiger partial charge < -0.3 is 14.3 Å². The van der Waals surface area contributed by atoms with Gasteiger partial charge in [0.1, 0.15) is 23.8 Å². The number of ether oxygens (including phenoxy) is 2. The van der Waals surface area contributed by atoms with Crippen LogP contribution in [0.15, 0.2) is 35.5 Å². The number of pyridine rings is 1.